The number of rotatable bonds is 7. The van der Waals surface area contributed by atoms with E-state index in [1.807, 2.05) is 4.72 Å². The van der Waals surface area contributed by atoms with Gasteiger partial charge < -0.3 is 10.1 Å². The lowest BCUT2D eigenvalue weighted by molar-refractivity contribution is 0.412. The molecule has 1 aromatic heterocycles. The van der Waals surface area contributed by atoms with E-state index < -0.39 is 38.4 Å². The molecule has 2 aromatic carbocycles. The molecule has 3 aromatic rings. The lowest BCUT2D eigenvalue weighted by Crippen LogP contribution is -2.17. The minimum atomic E-state index is -4.52. The van der Waals surface area contributed by atoms with E-state index in [1.165, 1.54) is 36.2 Å². The van der Waals surface area contributed by atoms with Crippen molar-refractivity contribution in [2.75, 3.05) is 17.1 Å². The van der Waals surface area contributed by atoms with Crippen LogP contribution >= 0.6 is 11.3 Å². The number of benzene rings is 2. The number of methoxy groups -OCH3 is 1. The highest BCUT2D eigenvalue weighted by Gasteiger charge is 2.26. The van der Waals surface area contributed by atoms with Gasteiger partial charge in [0.2, 0.25) is 0 Å². The molecule has 0 radical (unpaired) electrons. The summed E-state index contributed by atoms with van der Waals surface area (Å²) in [5.74, 6) is -2.75. The van der Waals surface area contributed by atoms with Gasteiger partial charge in [-0.1, -0.05) is 0 Å². The topological polar surface area (TPSA) is 80.3 Å². The molecule has 1 atom stereocenters. The molecule has 0 saturated heterocycles. The van der Waals surface area contributed by atoms with Crippen LogP contribution in [0.5, 0.6) is 5.75 Å². The van der Waals surface area contributed by atoms with Crippen molar-refractivity contribution in [2.45, 2.75) is 17.9 Å². The van der Waals surface area contributed by atoms with Crippen LogP contribution in [0.3, 0.4) is 0 Å². The zero-order valence-electron chi connectivity index (χ0n) is 15.2. The number of nitrogens with one attached hydrogen (secondary N) is 2. The van der Waals surface area contributed by atoms with Gasteiger partial charge in [-0.25, -0.2) is 26.6 Å². The zero-order chi connectivity index (χ0) is 21.2. The van der Waals surface area contributed by atoms with Gasteiger partial charge in [-0.15, -0.1) is 11.3 Å². The molecular formula is C18H16F3N3O3S2. The number of hydrogen-bond donors (Lipinski definition) is 2. The van der Waals surface area contributed by atoms with Crippen LogP contribution in [0.1, 0.15) is 18.5 Å². The van der Waals surface area contributed by atoms with Crippen molar-refractivity contribution in [1.29, 1.82) is 0 Å². The smallest absolute Gasteiger partial charge is 0.268 e. The highest BCUT2D eigenvalue weighted by atomic mass is 32.2. The number of aromatic nitrogens is 1. The number of halogens is 3. The normalized spacial score (nSPS) is 12.4. The van der Waals surface area contributed by atoms with Crippen LogP contribution in [-0.4, -0.2) is 20.5 Å². The summed E-state index contributed by atoms with van der Waals surface area (Å²) in [5.41, 5.74) is 1.53. The summed E-state index contributed by atoms with van der Waals surface area (Å²) in [7, 11) is -3.09. The van der Waals surface area contributed by atoms with E-state index in [1.54, 1.807) is 6.92 Å². The van der Waals surface area contributed by atoms with Gasteiger partial charge in [0.05, 0.1) is 18.7 Å². The Kier molecular flexibility index (Phi) is 5.99. The molecule has 0 aliphatic carbocycles. The van der Waals surface area contributed by atoms with Gasteiger partial charge in [0.25, 0.3) is 10.0 Å². The molecule has 1 heterocycles. The SMILES string of the molecule is COc1ccc(F)c([C@H](C)Nc2cc(F)c(S(=O)(=O)Nc3cscn3)c(F)c2)c1. The van der Waals surface area contributed by atoms with E-state index in [-0.39, 0.29) is 17.1 Å². The minimum absolute atomic E-state index is 0.0434. The molecule has 0 aliphatic heterocycles. The Morgan fingerprint density at radius 3 is 2.38 bits per heavy atom. The van der Waals surface area contributed by atoms with Gasteiger partial charge in [-0.2, -0.15) is 0 Å². The third-order valence-corrected chi connectivity index (χ3v) is 5.98. The summed E-state index contributed by atoms with van der Waals surface area (Å²) < 4.78 is 74.7. The molecule has 0 fully saturated rings. The van der Waals surface area contributed by atoms with Crippen molar-refractivity contribution in [3.63, 3.8) is 0 Å². The predicted octanol–water partition coefficient (Wildman–Crippen LogP) is 4.54. The number of hydrogen-bond acceptors (Lipinski definition) is 6. The number of thiazole rings is 1. The van der Waals surface area contributed by atoms with Gasteiger partial charge in [0, 0.05) is 16.6 Å². The van der Waals surface area contributed by atoms with Crippen LogP contribution in [0.2, 0.25) is 0 Å². The molecule has 2 N–H and O–H groups in total. The number of nitrogens with zero attached hydrogens (tertiary/aromatic N) is 1. The summed E-state index contributed by atoms with van der Waals surface area (Å²) in [5, 5.41) is 4.14. The Hall–Kier alpha value is -2.79. The van der Waals surface area contributed by atoms with Crippen LogP contribution < -0.4 is 14.8 Å². The average Bonchev–Trinajstić information content (AvgIpc) is 3.13. The first-order valence-corrected chi connectivity index (χ1v) is 10.6. The number of sulfonamides is 1. The first-order valence-electron chi connectivity index (χ1n) is 8.21. The second kappa shape index (κ2) is 8.29. The molecule has 154 valence electrons. The Labute approximate surface area is 169 Å². The standard InChI is InChI=1S/C18H16F3N3O3S2/c1-10(13-7-12(27-2)3-4-14(13)19)23-11-5-15(20)18(16(21)6-11)29(25,26)24-17-8-28-9-22-17/h3-10,23-24H,1-2H3/t10-/m0/s1. The number of anilines is 2. The van der Waals surface area contributed by atoms with Crippen molar-refractivity contribution >= 4 is 32.9 Å². The molecular weight excluding hydrogens is 427 g/mol. The van der Waals surface area contributed by atoms with Crippen molar-refractivity contribution in [2.24, 2.45) is 0 Å². The molecule has 29 heavy (non-hydrogen) atoms. The fraction of sp³-hybridized carbons (Fsp3) is 0.167. The van der Waals surface area contributed by atoms with Crippen molar-refractivity contribution in [1.82, 2.24) is 4.98 Å². The lowest BCUT2D eigenvalue weighted by Gasteiger charge is -2.18. The molecule has 11 heteroatoms. The van der Waals surface area contributed by atoms with Crippen LogP contribution in [-0.2, 0) is 10.0 Å². The first-order chi connectivity index (χ1) is 13.7. The van der Waals surface area contributed by atoms with Crippen molar-refractivity contribution < 1.29 is 26.3 Å². The highest BCUT2D eigenvalue weighted by molar-refractivity contribution is 7.92. The molecule has 0 bridgehead atoms. The Bertz CT molecular complexity index is 1100. The van der Waals surface area contributed by atoms with Crippen molar-refractivity contribution in [3.8, 4) is 5.75 Å². The third-order valence-electron chi connectivity index (χ3n) is 3.99. The largest absolute Gasteiger partial charge is 0.497 e. The summed E-state index contributed by atoms with van der Waals surface area (Å²) in [6, 6.07) is 5.09. The summed E-state index contributed by atoms with van der Waals surface area (Å²) in [4.78, 5) is 2.60. The summed E-state index contributed by atoms with van der Waals surface area (Å²) >= 11 is 1.12. The van der Waals surface area contributed by atoms with Gasteiger partial charge in [0.1, 0.15) is 23.2 Å². The molecule has 6 nitrogen and oxygen atoms in total. The van der Waals surface area contributed by atoms with E-state index in [4.69, 9.17) is 4.74 Å². The number of ether oxygens (including phenoxy) is 1. The fourth-order valence-corrected chi connectivity index (χ4v) is 4.34. The van der Waals surface area contributed by atoms with Crippen LogP contribution in [0.4, 0.5) is 24.7 Å². The third kappa shape index (κ3) is 4.62. The Balaban J connectivity index is 1.88. The van der Waals surface area contributed by atoms with E-state index in [0.29, 0.717) is 5.75 Å². The molecule has 0 amide bonds. The maximum Gasteiger partial charge on any atom is 0.268 e. The quantitative estimate of drug-likeness (QED) is 0.560. The van der Waals surface area contributed by atoms with Crippen LogP contribution in [0.25, 0.3) is 0 Å². The fourth-order valence-electron chi connectivity index (χ4n) is 2.66. The van der Waals surface area contributed by atoms with E-state index in [9.17, 15) is 21.6 Å². The summed E-state index contributed by atoms with van der Waals surface area (Å²) in [6.07, 6.45) is 0. The molecule has 0 spiro atoms. The van der Waals surface area contributed by atoms with Gasteiger partial charge >= 0.3 is 0 Å². The Morgan fingerprint density at radius 2 is 1.79 bits per heavy atom. The first kappa shape index (κ1) is 20.9. The maximum absolute atomic E-state index is 14.5. The Morgan fingerprint density at radius 1 is 1.10 bits per heavy atom. The monoisotopic (exact) mass is 443 g/mol. The zero-order valence-corrected chi connectivity index (χ0v) is 16.9. The van der Waals surface area contributed by atoms with E-state index in [0.717, 1.165) is 23.5 Å². The minimum Gasteiger partial charge on any atom is -0.497 e. The molecule has 3 rings (SSSR count). The van der Waals surface area contributed by atoms with Gasteiger partial charge in [0.15, 0.2) is 10.7 Å². The lowest BCUT2D eigenvalue weighted by atomic mass is 10.1. The summed E-state index contributed by atoms with van der Waals surface area (Å²) in [6.45, 7) is 1.59. The molecule has 0 unspecified atom stereocenters. The molecule has 0 aliphatic rings. The van der Waals surface area contributed by atoms with E-state index in [2.05, 4.69) is 10.3 Å². The van der Waals surface area contributed by atoms with Crippen LogP contribution in [0, 0.1) is 17.5 Å². The van der Waals surface area contributed by atoms with Crippen LogP contribution in [0.15, 0.2) is 46.1 Å². The average molecular weight is 443 g/mol. The second-order valence-electron chi connectivity index (χ2n) is 6.00. The predicted molar refractivity (Wildman–Crippen MR) is 104 cm³/mol. The maximum atomic E-state index is 14.5. The van der Waals surface area contributed by atoms with Crippen molar-refractivity contribution in [3.05, 3.63) is 64.2 Å². The highest BCUT2D eigenvalue weighted by Crippen LogP contribution is 2.29. The molecule has 0 saturated carbocycles. The second-order valence-corrected chi connectivity index (χ2v) is 8.34. The van der Waals surface area contributed by atoms with Gasteiger partial charge in [-0.05, 0) is 37.3 Å². The van der Waals surface area contributed by atoms with Gasteiger partial charge in [-0.3, -0.25) is 4.72 Å². The van der Waals surface area contributed by atoms with E-state index >= 15 is 0 Å².